The van der Waals surface area contributed by atoms with Gasteiger partial charge in [-0.05, 0) is 37.0 Å². The molecule has 0 aliphatic carbocycles. The van der Waals surface area contributed by atoms with Gasteiger partial charge in [-0.2, -0.15) is 0 Å². The first-order valence-corrected chi connectivity index (χ1v) is 7.71. The summed E-state index contributed by atoms with van der Waals surface area (Å²) in [5, 5.41) is 3.62. The zero-order chi connectivity index (χ0) is 15.9. The van der Waals surface area contributed by atoms with Crippen molar-refractivity contribution >= 4 is 29.9 Å². The van der Waals surface area contributed by atoms with Crippen molar-refractivity contribution in [2.75, 3.05) is 20.2 Å². The molecule has 0 aromatic heterocycles. The van der Waals surface area contributed by atoms with Crippen LogP contribution in [-0.4, -0.2) is 26.1 Å². The van der Waals surface area contributed by atoms with Crippen molar-refractivity contribution in [3.63, 3.8) is 0 Å². The maximum Gasteiger partial charge on any atom is 0.227 e. The molecule has 0 unspecified atom stereocenters. The molecule has 0 bridgehead atoms. The van der Waals surface area contributed by atoms with E-state index < -0.39 is 5.41 Å². The lowest BCUT2D eigenvalue weighted by molar-refractivity contribution is -0.131. The average Bonchev–Trinajstić information content (AvgIpc) is 2.51. The van der Waals surface area contributed by atoms with E-state index in [2.05, 4.69) is 5.32 Å². The summed E-state index contributed by atoms with van der Waals surface area (Å²) < 4.78 is 5.11. The highest BCUT2D eigenvalue weighted by molar-refractivity contribution is 6.31. The Hall–Kier alpha value is -0.970. The first-order chi connectivity index (χ1) is 10.0. The SMILES string of the molecule is CCC(CC)(CN)C(=O)NCCc1ccc(OC)cc1Cl.Cl. The Morgan fingerprint density at radius 1 is 1.36 bits per heavy atom. The van der Waals surface area contributed by atoms with Gasteiger partial charge >= 0.3 is 0 Å². The van der Waals surface area contributed by atoms with Crippen LogP contribution in [0.15, 0.2) is 18.2 Å². The Morgan fingerprint density at radius 3 is 2.45 bits per heavy atom. The van der Waals surface area contributed by atoms with E-state index in [0.717, 1.165) is 24.2 Å². The molecule has 0 radical (unpaired) electrons. The highest BCUT2D eigenvalue weighted by Gasteiger charge is 2.32. The first kappa shape index (κ1) is 21.0. The molecule has 1 amide bonds. The van der Waals surface area contributed by atoms with E-state index >= 15 is 0 Å². The molecule has 1 aromatic rings. The van der Waals surface area contributed by atoms with Gasteiger partial charge in [-0.3, -0.25) is 4.79 Å². The van der Waals surface area contributed by atoms with Gasteiger partial charge in [-0.25, -0.2) is 0 Å². The van der Waals surface area contributed by atoms with E-state index in [0.29, 0.717) is 24.5 Å². The van der Waals surface area contributed by atoms with Crippen molar-refractivity contribution in [1.29, 1.82) is 0 Å². The number of nitrogens with two attached hydrogens (primary N) is 1. The van der Waals surface area contributed by atoms with Crippen LogP contribution >= 0.6 is 24.0 Å². The lowest BCUT2D eigenvalue weighted by atomic mass is 9.81. The summed E-state index contributed by atoms with van der Waals surface area (Å²) in [6.07, 6.45) is 2.17. The number of amides is 1. The summed E-state index contributed by atoms with van der Waals surface area (Å²) in [6, 6.07) is 5.56. The number of nitrogens with one attached hydrogen (secondary N) is 1. The lowest BCUT2D eigenvalue weighted by Gasteiger charge is -2.28. The summed E-state index contributed by atoms with van der Waals surface area (Å²) >= 11 is 6.18. The normalized spacial score (nSPS) is 10.8. The molecule has 0 aliphatic rings. The van der Waals surface area contributed by atoms with Crippen molar-refractivity contribution in [3.8, 4) is 5.75 Å². The molecule has 0 saturated heterocycles. The highest BCUT2D eigenvalue weighted by Crippen LogP contribution is 2.25. The molecular formula is C16H26Cl2N2O2. The summed E-state index contributed by atoms with van der Waals surface area (Å²) in [4.78, 5) is 12.3. The molecule has 1 aromatic carbocycles. The second-order valence-electron chi connectivity index (χ2n) is 5.15. The minimum Gasteiger partial charge on any atom is -0.497 e. The van der Waals surface area contributed by atoms with E-state index in [1.54, 1.807) is 13.2 Å². The molecule has 22 heavy (non-hydrogen) atoms. The topological polar surface area (TPSA) is 64.4 Å². The third-order valence-electron chi connectivity index (χ3n) is 4.17. The number of benzene rings is 1. The number of ether oxygens (including phenoxy) is 1. The van der Waals surface area contributed by atoms with Crippen LogP contribution in [0.3, 0.4) is 0 Å². The standard InChI is InChI=1S/C16H25ClN2O2.ClH/c1-4-16(5-2,11-18)15(20)19-9-8-12-6-7-13(21-3)10-14(12)17;/h6-7,10H,4-5,8-9,11,18H2,1-3H3,(H,19,20);1H. The molecule has 0 aliphatic heterocycles. The van der Waals surface area contributed by atoms with Gasteiger partial charge in [0.25, 0.3) is 0 Å². The number of methoxy groups -OCH3 is 1. The fourth-order valence-electron chi connectivity index (χ4n) is 2.31. The van der Waals surface area contributed by atoms with Crippen molar-refractivity contribution in [3.05, 3.63) is 28.8 Å². The average molecular weight is 349 g/mol. The van der Waals surface area contributed by atoms with Crippen molar-refractivity contribution in [2.45, 2.75) is 33.1 Å². The predicted molar refractivity (Wildman–Crippen MR) is 94.0 cm³/mol. The van der Waals surface area contributed by atoms with Gasteiger partial charge in [0.05, 0.1) is 12.5 Å². The quantitative estimate of drug-likeness (QED) is 0.758. The highest BCUT2D eigenvalue weighted by atomic mass is 35.5. The van der Waals surface area contributed by atoms with E-state index in [-0.39, 0.29) is 18.3 Å². The lowest BCUT2D eigenvalue weighted by Crippen LogP contribution is -2.45. The summed E-state index contributed by atoms with van der Waals surface area (Å²) in [5.74, 6) is 0.756. The van der Waals surface area contributed by atoms with Gasteiger partial charge in [-0.15, -0.1) is 12.4 Å². The zero-order valence-corrected chi connectivity index (χ0v) is 15.0. The van der Waals surface area contributed by atoms with Crippen LogP contribution in [0.5, 0.6) is 5.75 Å². The fraction of sp³-hybridized carbons (Fsp3) is 0.562. The minimum absolute atomic E-state index is 0. The maximum absolute atomic E-state index is 12.3. The molecule has 0 fully saturated rings. The molecule has 4 nitrogen and oxygen atoms in total. The van der Waals surface area contributed by atoms with Crippen LogP contribution < -0.4 is 15.8 Å². The van der Waals surface area contributed by atoms with Crippen molar-refractivity contribution in [2.24, 2.45) is 11.1 Å². The molecule has 6 heteroatoms. The monoisotopic (exact) mass is 348 g/mol. The van der Waals surface area contributed by atoms with Crippen molar-refractivity contribution in [1.82, 2.24) is 5.32 Å². The van der Waals surface area contributed by atoms with Crippen LogP contribution in [0.2, 0.25) is 5.02 Å². The molecule has 0 saturated carbocycles. The largest absolute Gasteiger partial charge is 0.497 e. The van der Waals surface area contributed by atoms with Gasteiger partial charge in [0.2, 0.25) is 5.91 Å². The van der Waals surface area contributed by atoms with E-state index in [1.807, 2.05) is 26.0 Å². The molecule has 0 heterocycles. The van der Waals surface area contributed by atoms with Crippen LogP contribution in [0.4, 0.5) is 0 Å². The Morgan fingerprint density at radius 2 is 2.00 bits per heavy atom. The third-order valence-corrected chi connectivity index (χ3v) is 4.52. The van der Waals surface area contributed by atoms with Crippen molar-refractivity contribution < 1.29 is 9.53 Å². The summed E-state index contributed by atoms with van der Waals surface area (Å²) in [7, 11) is 1.60. The molecule has 3 N–H and O–H groups in total. The smallest absolute Gasteiger partial charge is 0.227 e. The Bertz CT molecular complexity index is 469. The molecule has 0 spiro atoms. The molecule has 126 valence electrons. The minimum atomic E-state index is -0.455. The van der Waals surface area contributed by atoms with E-state index in [4.69, 9.17) is 22.1 Å². The number of hydrogen-bond acceptors (Lipinski definition) is 3. The van der Waals surface area contributed by atoms with E-state index in [1.165, 1.54) is 0 Å². The third kappa shape index (κ3) is 5.04. The van der Waals surface area contributed by atoms with E-state index in [9.17, 15) is 4.79 Å². The maximum atomic E-state index is 12.3. The summed E-state index contributed by atoms with van der Waals surface area (Å²) in [6.45, 7) is 4.91. The van der Waals surface area contributed by atoms with Gasteiger partial charge in [-0.1, -0.05) is 31.5 Å². The zero-order valence-electron chi connectivity index (χ0n) is 13.4. The number of hydrogen-bond donors (Lipinski definition) is 2. The first-order valence-electron chi connectivity index (χ1n) is 7.33. The Kier molecular flexibility index (Phi) is 9.49. The molecular weight excluding hydrogens is 323 g/mol. The van der Waals surface area contributed by atoms with Crippen LogP contribution in [0.1, 0.15) is 32.3 Å². The second-order valence-corrected chi connectivity index (χ2v) is 5.56. The van der Waals surface area contributed by atoms with Gasteiger partial charge in [0.15, 0.2) is 0 Å². The van der Waals surface area contributed by atoms with Gasteiger partial charge in [0, 0.05) is 18.1 Å². The predicted octanol–water partition coefficient (Wildman–Crippen LogP) is 3.19. The fourth-order valence-corrected chi connectivity index (χ4v) is 2.57. The number of rotatable bonds is 8. The number of carbonyl (C=O) groups excluding carboxylic acids is 1. The van der Waals surface area contributed by atoms with Crippen LogP contribution in [0, 0.1) is 5.41 Å². The van der Waals surface area contributed by atoms with Crippen LogP contribution in [0.25, 0.3) is 0 Å². The molecule has 0 atom stereocenters. The number of halogens is 2. The Labute approximate surface area is 144 Å². The Balaban J connectivity index is 0.00000441. The molecule has 1 rings (SSSR count). The second kappa shape index (κ2) is 9.93. The summed E-state index contributed by atoms with van der Waals surface area (Å²) in [5.41, 5.74) is 6.31. The van der Waals surface area contributed by atoms with Gasteiger partial charge in [0.1, 0.15) is 5.75 Å². The van der Waals surface area contributed by atoms with Gasteiger partial charge < -0.3 is 15.8 Å². The van der Waals surface area contributed by atoms with Crippen LogP contribution in [-0.2, 0) is 11.2 Å². The number of carbonyl (C=O) groups is 1.